The van der Waals surface area contributed by atoms with E-state index in [4.69, 9.17) is 9.15 Å². The first-order valence-electron chi connectivity index (χ1n) is 10.8. The summed E-state index contributed by atoms with van der Waals surface area (Å²) in [4.78, 5) is 32.7. The fraction of sp³-hybridized carbons (Fsp3) is 0.375. The molecule has 0 saturated carbocycles. The monoisotopic (exact) mass is 453 g/mol. The van der Waals surface area contributed by atoms with Gasteiger partial charge in [0.2, 0.25) is 0 Å². The molecule has 0 aliphatic carbocycles. The molecule has 168 valence electrons. The number of piperidine rings is 1. The van der Waals surface area contributed by atoms with Crippen molar-refractivity contribution in [3.63, 3.8) is 0 Å². The number of furan rings is 1. The van der Waals surface area contributed by atoms with Crippen LogP contribution < -0.4 is 5.32 Å². The molecule has 3 aromatic heterocycles. The number of nitrogens with zero attached hydrogens (tertiary/aromatic N) is 2. The van der Waals surface area contributed by atoms with Crippen molar-refractivity contribution in [2.75, 3.05) is 25.0 Å². The van der Waals surface area contributed by atoms with E-state index in [2.05, 4.69) is 27.3 Å². The summed E-state index contributed by atoms with van der Waals surface area (Å²) in [5, 5.41) is 3.83. The number of carbonyl (C=O) groups excluding carboxylic acids is 2. The third-order valence-electron chi connectivity index (χ3n) is 5.67. The van der Waals surface area contributed by atoms with Crippen LogP contribution in [0.3, 0.4) is 0 Å². The molecular formula is C24H27N3O4S. The van der Waals surface area contributed by atoms with E-state index < -0.39 is 0 Å². The van der Waals surface area contributed by atoms with Crippen LogP contribution in [0.4, 0.5) is 5.00 Å². The van der Waals surface area contributed by atoms with Crippen LogP contribution in [0.15, 0.2) is 53.4 Å². The van der Waals surface area contributed by atoms with Gasteiger partial charge in [-0.05, 0) is 69.6 Å². The fourth-order valence-electron chi connectivity index (χ4n) is 4.19. The smallest absolute Gasteiger partial charge is 0.309 e. The summed E-state index contributed by atoms with van der Waals surface area (Å²) < 4.78 is 10.5. The molecule has 4 rings (SSSR count). The third kappa shape index (κ3) is 4.92. The van der Waals surface area contributed by atoms with Crippen LogP contribution in [0.1, 0.15) is 52.4 Å². The number of esters is 1. The summed E-state index contributed by atoms with van der Waals surface area (Å²) in [6.07, 6.45) is 6.60. The number of hydrogen-bond donors (Lipinski definition) is 1. The molecule has 0 radical (unpaired) electrons. The number of likely N-dealkylation sites (tertiary alicyclic amines) is 1. The highest BCUT2D eigenvalue weighted by molar-refractivity contribution is 7.16. The molecule has 1 N–H and O–H groups in total. The second kappa shape index (κ2) is 10.1. The quantitative estimate of drug-likeness (QED) is 0.524. The first-order chi connectivity index (χ1) is 15.6. The van der Waals surface area contributed by atoms with E-state index in [9.17, 15) is 9.59 Å². The van der Waals surface area contributed by atoms with Crippen LogP contribution in [0.25, 0.3) is 0 Å². The van der Waals surface area contributed by atoms with Gasteiger partial charge in [-0.25, -0.2) is 0 Å². The zero-order chi connectivity index (χ0) is 22.5. The number of pyridine rings is 1. The van der Waals surface area contributed by atoms with Crippen LogP contribution in [0.2, 0.25) is 0 Å². The van der Waals surface area contributed by atoms with Gasteiger partial charge in [-0.15, -0.1) is 11.3 Å². The van der Waals surface area contributed by atoms with Gasteiger partial charge >= 0.3 is 5.97 Å². The van der Waals surface area contributed by atoms with Gasteiger partial charge in [0.05, 0.1) is 24.8 Å². The normalized spacial score (nSPS) is 15.9. The highest BCUT2D eigenvalue weighted by Gasteiger charge is 2.33. The summed E-state index contributed by atoms with van der Waals surface area (Å²) in [6.45, 7) is 5.78. The molecule has 8 heteroatoms. The molecule has 1 fully saturated rings. The minimum absolute atomic E-state index is 0.0666. The summed E-state index contributed by atoms with van der Waals surface area (Å²) in [7, 11) is 0. The number of thiophene rings is 1. The Morgan fingerprint density at radius 1 is 1.31 bits per heavy atom. The lowest BCUT2D eigenvalue weighted by atomic mass is 9.92. The number of hydrogen-bond acceptors (Lipinski definition) is 7. The minimum Gasteiger partial charge on any atom is -0.466 e. The molecule has 3 aromatic rings. The van der Waals surface area contributed by atoms with Crippen molar-refractivity contribution in [3.05, 3.63) is 70.8 Å². The molecule has 1 aliphatic rings. The molecular weight excluding hydrogens is 426 g/mol. The van der Waals surface area contributed by atoms with Crippen molar-refractivity contribution in [2.45, 2.75) is 32.7 Å². The largest absolute Gasteiger partial charge is 0.466 e. The number of carbonyl (C=O) groups is 2. The number of nitrogens with one attached hydrogen (secondary N) is 1. The molecule has 4 heterocycles. The number of amides is 1. The Balaban J connectivity index is 1.61. The number of anilines is 1. The Bertz CT molecular complexity index is 1040. The van der Waals surface area contributed by atoms with Crippen molar-refractivity contribution in [1.29, 1.82) is 0 Å². The van der Waals surface area contributed by atoms with Gasteiger partial charge in [-0.1, -0.05) is 6.07 Å². The van der Waals surface area contributed by atoms with Gasteiger partial charge in [0.15, 0.2) is 5.76 Å². The highest BCUT2D eigenvalue weighted by Crippen LogP contribution is 2.40. The van der Waals surface area contributed by atoms with Gasteiger partial charge < -0.3 is 14.5 Å². The number of aromatic nitrogens is 1. The van der Waals surface area contributed by atoms with E-state index in [0.29, 0.717) is 6.61 Å². The molecule has 0 unspecified atom stereocenters. The zero-order valence-electron chi connectivity index (χ0n) is 18.2. The van der Waals surface area contributed by atoms with Crippen LogP contribution in [-0.4, -0.2) is 41.5 Å². The molecule has 1 aliphatic heterocycles. The Morgan fingerprint density at radius 3 is 2.78 bits per heavy atom. The van der Waals surface area contributed by atoms with Gasteiger partial charge in [-0.3, -0.25) is 19.5 Å². The maximum absolute atomic E-state index is 12.7. The molecule has 32 heavy (non-hydrogen) atoms. The summed E-state index contributed by atoms with van der Waals surface area (Å²) in [6, 6.07) is 9.37. The Kier molecular flexibility index (Phi) is 7.02. The molecule has 0 aromatic carbocycles. The average Bonchev–Trinajstić information content (AvgIpc) is 3.46. The van der Waals surface area contributed by atoms with Gasteiger partial charge in [-0.2, -0.15) is 0 Å². The Morgan fingerprint density at radius 2 is 2.12 bits per heavy atom. The standard InChI is InChI=1S/C24H27N3O4S/c1-3-30-24(29)17-8-11-27(12-9-17)21(18-6-4-10-25-15-18)19-14-16(2)32-23(19)26-22(28)20-7-5-13-31-20/h4-7,10,13-15,17,21H,3,8-9,11-12H2,1-2H3,(H,26,28)/t21-/m1/s1. The predicted molar refractivity (Wildman–Crippen MR) is 123 cm³/mol. The minimum atomic E-state index is -0.274. The van der Waals surface area contributed by atoms with Crippen molar-refractivity contribution < 1.29 is 18.7 Å². The van der Waals surface area contributed by atoms with Crippen molar-refractivity contribution in [2.24, 2.45) is 5.92 Å². The van der Waals surface area contributed by atoms with E-state index in [1.807, 2.05) is 26.1 Å². The Labute approximate surface area is 191 Å². The zero-order valence-corrected chi connectivity index (χ0v) is 19.1. The van der Waals surface area contributed by atoms with Crippen LogP contribution in [0, 0.1) is 12.8 Å². The maximum Gasteiger partial charge on any atom is 0.309 e. The van der Waals surface area contributed by atoms with Crippen molar-refractivity contribution in [3.8, 4) is 0 Å². The topological polar surface area (TPSA) is 84.7 Å². The molecule has 1 amide bonds. The second-order valence-electron chi connectivity index (χ2n) is 7.82. The number of ether oxygens (including phenoxy) is 1. The molecule has 0 bridgehead atoms. The van der Waals surface area contributed by atoms with Crippen LogP contribution in [0.5, 0.6) is 0 Å². The fourth-order valence-corrected chi connectivity index (χ4v) is 5.13. The van der Waals surface area contributed by atoms with Crippen LogP contribution >= 0.6 is 11.3 Å². The van der Waals surface area contributed by atoms with Crippen molar-refractivity contribution in [1.82, 2.24) is 9.88 Å². The first kappa shape index (κ1) is 22.2. The molecule has 7 nitrogen and oxygen atoms in total. The molecule has 1 saturated heterocycles. The lowest BCUT2D eigenvalue weighted by Crippen LogP contribution is -2.39. The maximum atomic E-state index is 12.7. The summed E-state index contributed by atoms with van der Waals surface area (Å²) >= 11 is 1.54. The van der Waals surface area contributed by atoms with E-state index in [0.717, 1.165) is 46.9 Å². The average molecular weight is 454 g/mol. The van der Waals surface area contributed by atoms with E-state index in [1.165, 1.54) is 6.26 Å². The number of aryl methyl sites for hydroxylation is 1. The predicted octanol–water partition coefficient (Wildman–Crippen LogP) is 4.66. The number of rotatable bonds is 7. The lowest BCUT2D eigenvalue weighted by molar-refractivity contribution is -0.149. The summed E-state index contributed by atoms with van der Waals surface area (Å²) in [5.74, 6) is -0.176. The highest BCUT2D eigenvalue weighted by atomic mass is 32.1. The molecule has 0 spiro atoms. The Hall–Kier alpha value is -2.97. The SMILES string of the molecule is CCOC(=O)C1CCN([C@H](c2cccnc2)c2cc(C)sc2NC(=O)c2ccco2)CC1. The van der Waals surface area contributed by atoms with Crippen LogP contribution in [-0.2, 0) is 9.53 Å². The molecule has 1 atom stereocenters. The summed E-state index contributed by atoms with van der Waals surface area (Å²) in [5.41, 5.74) is 2.07. The lowest BCUT2D eigenvalue weighted by Gasteiger charge is -2.37. The van der Waals surface area contributed by atoms with Gasteiger partial charge in [0.25, 0.3) is 5.91 Å². The third-order valence-corrected chi connectivity index (χ3v) is 6.65. The second-order valence-corrected chi connectivity index (χ2v) is 9.08. The van der Waals surface area contributed by atoms with E-state index in [1.54, 1.807) is 29.7 Å². The van der Waals surface area contributed by atoms with E-state index in [-0.39, 0.29) is 29.6 Å². The first-order valence-corrected chi connectivity index (χ1v) is 11.6. The van der Waals surface area contributed by atoms with Gasteiger partial charge in [0.1, 0.15) is 5.00 Å². The van der Waals surface area contributed by atoms with Gasteiger partial charge in [0, 0.05) is 22.8 Å². The van der Waals surface area contributed by atoms with E-state index >= 15 is 0 Å². The van der Waals surface area contributed by atoms with Crippen molar-refractivity contribution >= 4 is 28.2 Å².